The highest BCUT2D eigenvalue weighted by Crippen LogP contribution is 2.23. The van der Waals surface area contributed by atoms with Crippen LogP contribution >= 0.6 is 22.9 Å². The monoisotopic (exact) mass is 313 g/mol. The molecule has 1 aromatic carbocycles. The van der Waals surface area contributed by atoms with Gasteiger partial charge in [0.05, 0.1) is 11.4 Å². The molecule has 1 heterocycles. The van der Waals surface area contributed by atoms with Crippen LogP contribution in [0.1, 0.15) is 23.4 Å². The van der Waals surface area contributed by atoms with E-state index in [1.54, 1.807) is 23.5 Å². The summed E-state index contributed by atoms with van der Waals surface area (Å²) in [5.41, 5.74) is 1.01. The number of hydrogen-bond donors (Lipinski definition) is 1. The molecule has 1 unspecified atom stereocenters. The summed E-state index contributed by atoms with van der Waals surface area (Å²) in [5, 5.41) is 3.41. The summed E-state index contributed by atoms with van der Waals surface area (Å²) in [4.78, 5) is 1.26. The van der Waals surface area contributed by atoms with Gasteiger partial charge >= 0.3 is 0 Å². The second-order valence-corrected chi connectivity index (χ2v) is 6.33. The SMILES string of the molecule is COc1cc(C(C)NCCc2ccc(Cl)s2)ccc1F. The number of benzene rings is 1. The van der Waals surface area contributed by atoms with Crippen LogP contribution in [0, 0.1) is 5.82 Å². The van der Waals surface area contributed by atoms with Gasteiger partial charge in [-0.15, -0.1) is 11.3 Å². The maximum absolute atomic E-state index is 13.4. The van der Waals surface area contributed by atoms with Gasteiger partial charge in [0.25, 0.3) is 0 Å². The fourth-order valence-corrected chi connectivity index (χ4v) is 3.05. The smallest absolute Gasteiger partial charge is 0.165 e. The zero-order valence-corrected chi connectivity index (χ0v) is 13.0. The molecule has 0 spiro atoms. The Balaban J connectivity index is 1.89. The van der Waals surface area contributed by atoms with Gasteiger partial charge in [0, 0.05) is 17.5 Å². The van der Waals surface area contributed by atoms with Gasteiger partial charge in [-0.3, -0.25) is 0 Å². The molecule has 0 saturated carbocycles. The Morgan fingerprint density at radius 3 is 2.80 bits per heavy atom. The third kappa shape index (κ3) is 3.95. The van der Waals surface area contributed by atoms with Gasteiger partial charge in [-0.25, -0.2) is 4.39 Å². The van der Waals surface area contributed by atoms with Gasteiger partial charge in [0.1, 0.15) is 0 Å². The van der Waals surface area contributed by atoms with Crippen molar-refractivity contribution in [2.24, 2.45) is 0 Å². The summed E-state index contributed by atoms with van der Waals surface area (Å²) in [5.74, 6) is -0.0575. The summed E-state index contributed by atoms with van der Waals surface area (Å²) in [6, 6.07) is 9.04. The largest absolute Gasteiger partial charge is 0.494 e. The summed E-state index contributed by atoms with van der Waals surface area (Å²) in [6.07, 6.45) is 0.931. The number of nitrogens with one attached hydrogen (secondary N) is 1. The third-order valence-corrected chi connectivity index (χ3v) is 4.42. The Morgan fingerprint density at radius 1 is 1.35 bits per heavy atom. The summed E-state index contributed by atoms with van der Waals surface area (Å²) in [7, 11) is 1.47. The molecule has 1 atom stereocenters. The van der Waals surface area contributed by atoms with E-state index in [4.69, 9.17) is 16.3 Å². The van der Waals surface area contributed by atoms with E-state index in [1.807, 2.05) is 19.1 Å². The molecule has 108 valence electrons. The highest BCUT2D eigenvalue weighted by molar-refractivity contribution is 7.16. The van der Waals surface area contributed by atoms with Gasteiger partial charge < -0.3 is 10.1 Å². The van der Waals surface area contributed by atoms with Gasteiger partial charge in [-0.1, -0.05) is 17.7 Å². The van der Waals surface area contributed by atoms with Crippen molar-refractivity contribution in [3.8, 4) is 5.75 Å². The molecule has 0 aliphatic carbocycles. The quantitative estimate of drug-likeness (QED) is 0.851. The standard InChI is InChI=1S/C15H17ClFNOS/c1-10(11-3-5-13(17)14(9-11)19-2)18-8-7-12-4-6-15(16)20-12/h3-6,9-10,18H,7-8H2,1-2H3. The molecule has 0 aliphatic rings. The first-order valence-corrected chi connectivity index (χ1v) is 7.60. The van der Waals surface area contributed by atoms with Crippen LogP contribution in [0.5, 0.6) is 5.75 Å². The molecule has 0 bridgehead atoms. The molecular formula is C15H17ClFNOS. The zero-order chi connectivity index (χ0) is 14.5. The lowest BCUT2D eigenvalue weighted by atomic mass is 10.1. The number of thiophene rings is 1. The number of halogens is 2. The minimum atomic E-state index is -0.336. The Kier molecular flexibility index (Phi) is 5.40. The fraction of sp³-hybridized carbons (Fsp3) is 0.333. The van der Waals surface area contributed by atoms with Crippen LogP contribution in [0.2, 0.25) is 4.34 Å². The summed E-state index contributed by atoms with van der Waals surface area (Å²) in [6.45, 7) is 2.89. The maximum Gasteiger partial charge on any atom is 0.165 e. The van der Waals surface area contributed by atoms with Gasteiger partial charge in [0.2, 0.25) is 0 Å². The molecule has 2 aromatic rings. The van der Waals surface area contributed by atoms with E-state index in [2.05, 4.69) is 5.32 Å². The maximum atomic E-state index is 13.4. The average Bonchev–Trinajstić information content (AvgIpc) is 2.85. The van der Waals surface area contributed by atoms with Crippen LogP contribution < -0.4 is 10.1 Å². The van der Waals surface area contributed by atoms with Crippen molar-refractivity contribution in [3.63, 3.8) is 0 Å². The second kappa shape index (κ2) is 7.07. The van der Waals surface area contributed by atoms with Crippen LogP contribution in [0.4, 0.5) is 4.39 Å². The van der Waals surface area contributed by atoms with E-state index in [0.29, 0.717) is 0 Å². The number of hydrogen-bond acceptors (Lipinski definition) is 3. The van der Waals surface area contributed by atoms with Crippen LogP contribution in [-0.4, -0.2) is 13.7 Å². The lowest BCUT2D eigenvalue weighted by Gasteiger charge is -2.15. The highest BCUT2D eigenvalue weighted by Gasteiger charge is 2.09. The zero-order valence-electron chi connectivity index (χ0n) is 11.5. The van der Waals surface area contributed by atoms with Crippen molar-refractivity contribution in [1.29, 1.82) is 0 Å². The minimum Gasteiger partial charge on any atom is -0.494 e. The molecule has 0 aliphatic heterocycles. The fourth-order valence-electron chi connectivity index (χ4n) is 1.96. The van der Waals surface area contributed by atoms with E-state index in [9.17, 15) is 4.39 Å². The number of rotatable bonds is 6. The predicted octanol–water partition coefficient (Wildman–Crippen LogP) is 4.44. The van der Waals surface area contributed by atoms with E-state index >= 15 is 0 Å². The van der Waals surface area contributed by atoms with Crippen molar-refractivity contribution in [2.75, 3.05) is 13.7 Å². The molecule has 1 aromatic heterocycles. The Bertz CT molecular complexity index is 573. The van der Waals surface area contributed by atoms with Crippen molar-refractivity contribution < 1.29 is 9.13 Å². The first-order chi connectivity index (χ1) is 9.60. The van der Waals surface area contributed by atoms with Crippen molar-refractivity contribution in [2.45, 2.75) is 19.4 Å². The lowest BCUT2D eigenvalue weighted by molar-refractivity contribution is 0.385. The Hall–Kier alpha value is -1.10. The minimum absolute atomic E-state index is 0.139. The van der Waals surface area contributed by atoms with Crippen LogP contribution in [0.25, 0.3) is 0 Å². The molecule has 0 fully saturated rings. The van der Waals surface area contributed by atoms with Crippen LogP contribution in [0.15, 0.2) is 30.3 Å². The molecule has 20 heavy (non-hydrogen) atoms. The normalized spacial score (nSPS) is 12.4. The van der Waals surface area contributed by atoms with Crippen LogP contribution in [0.3, 0.4) is 0 Å². The number of ether oxygens (including phenoxy) is 1. The van der Waals surface area contributed by atoms with Crippen molar-refractivity contribution in [1.82, 2.24) is 5.32 Å². The van der Waals surface area contributed by atoms with E-state index in [0.717, 1.165) is 22.9 Å². The van der Waals surface area contributed by atoms with E-state index in [-0.39, 0.29) is 17.6 Å². The van der Waals surface area contributed by atoms with Gasteiger partial charge in [-0.2, -0.15) is 0 Å². The third-order valence-electron chi connectivity index (χ3n) is 3.13. The molecule has 0 amide bonds. The molecule has 2 rings (SSSR count). The number of methoxy groups -OCH3 is 1. The van der Waals surface area contributed by atoms with E-state index < -0.39 is 0 Å². The Morgan fingerprint density at radius 2 is 2.15 bits per heavy atom. The molecule has 5 heteroatoms. The van der Waals surface area contributed by atoms with Crippen molar-refractivity contribution >= 4 is 22.9 Å². The van der Waals surface area contributed by atoms with Crippen LogP contribution in [-0.2, 0) is 6.42 Å². The Labute approximate surface area is 127 Å². The first kappa shape index (κ1) is 15.3. The summed E-state index contributed by atoms with van der Waals surface area (Å²) < 4.78 is 19.2. The van der Waals surface area contributed by atoms with Gasteiger partial charge in [0.15, 0.2) is 11.6 Å². The first-order valence-electron chi connectivity index (χ1n) is 6.41. The molecule has 1 N–H and O–H groups in total. The molecule has 0 radical (unpaired) electrons. The molecular weight excluding hydrogens is 297 g/mol. The lowest BCUT2D eigenvalue weighted by Crippen LogP contribution is -2.21. The summed E-state index contributed by atoms with van der Waals surface area (Å²) >= 11 is 7.49. The average molecular weight is 314 g/mol. The second-order valence-electron chi connectivity index (χ2n) is 4.53. The van der Waals surface area contributed by atoms with Crippen molar-refractivity contribution in [3.05, 3.63) is 50.9 Å². The highest BCUT2D eigenvalue weighted by atomic mass is 35.5. The topological polar surface area (TPSA) is 21.3 Å². The predicted molar refractivity (Wildman–Crippen MR) is 82.4 cm³/mol. The molecule has 2 nitrogen and oxygen atoms in total. The molecule has 0 saturated heterocycles. The van der Waals surface area contributed by atoms with E-state index in [1.165, 1.54) is 18.1 Å². The van der Waals surface area contributed by atoms with Gasteiger partial charge in [-0.05, 0) is 43.2 Å².